The Labute approximate surface area is 188 Å². The Morgan fingerprint density at radius 2 is 1.83 bits per heavy atom. The quantitative estimate of drug-likeness (QED) is 0.353. The highest BCUT2D eigenvalue weighted by molar-refractivity contribution is 7.99. The summed E-state index contributed by atoms with van der Waals surface area (Å²) < 4.78 is 1.95. The van der Waals surface area contributed by atoms with Crippen molar-refractivity contribution in [1.82, 2.24) is 14.8 Å². The van der Waals surface area contributed by atoms with Crippen molar-refractivity contribution in [2.45, 2.75) is 18.6 Å². The van der Waals surface area contributed by atoms with Crippen molar-refractivity contribution in [2.24, 2.45) is 0 Å². The topological polar surface area (TPSA) is 59.8 Å². The molecular formula is C22H18Cl2N4OS. The van der Waals surface area contributed by atoms with Crippen molar-refractivity contribution >= 4 is 57.3 Å². The lowest BCUT2D eigenvalue weighted by atomic mass is 10.1. The summed E-state index contributed by atoms with van der Waals surface area (Å²) in [7, 11) is 0. The number of rotatable bonds is 6. The Morgan fingerprint density at radius 1 is 1.03 bits per heavy atom. The number of aromatic nitrogens is 3. The number of carbonyl (C=O) groups is 1. The standard InChI is InChI=1S/C22H18Cl2N4OS/c1-2-28-21(15-10-11-17(23)18(24)12-15)26-27-22(28)30-13-20(29)25-19-9-5-7-14-6-3-4-8-16(14)19/h3-12H,2,13H2,1H3,(H,25,29). The maximum atomic E-state index is 12.6. The summed E-state index contributed by atoms with van der Waals surface area (Å²) in [4.78, 5) is 12.6. The number of halogens is 2. The van der Waals surface area contributed by atoms with Gasteiger partial charge in [-0.3, -0.25) is 4.79 Å². The van der Waals surface area contributed by atoms with Gasteiger partial charge in [0.1, 0.15) is 0 Å². The molecule has 0 bridgehead atoms. The highest BCUT2D eigenvalue weighted by Crippen LogP contribution is 2.30. The van der Waals surface area contributed by atoms with Crippen LogP contribution in [0.4, 0.5) is 5.69 Å². The molecule has 3 aromatic carbocycles. The average molecular weight is 457 g/mol. The maximum absolute atomic E-state index is 12.6. The lowest BCUT2D eigenvalue weighted by molar-refractivity contribution is -0.113. The molecule has 5 nitrogen and oxygen atoms in total. The number of anilines is 1. The van der Waals surface area contributed by atoms with Crippen LogP contribution >= 0.6 is 35.0 Å². The Hall–Kier alpha value is -2.54. The van der Waals surface area contributed by atoms with E-state index in [-0.39, 0.29) is 11.7 Å². The third kappa shape index (κ3) is 4.31. The van der Waals surface area contributed by atoms with Crippen LogP contribution in [0.3, 0.4) is 0 Å². The molecule has 30 heavy (non-hydrogen) atoms. The van der Waals surface area contributed by atoms with E-state index >= 15 is 0 Å². The summed E-state index contributed by atoms with van der Waals surface area (Å²) >= 11 is 13.5. The molecule has 0 aliphatic heterocycles. The highest BCUT2D eigenvalue weighted by Gasteiger charge is 2.16. The molecule has 0 fully saturated rings. The normalized spacial score (nSPS) is 11.0. The van der Waals surface area contributed by atoms with Crippen molar-refractivity contribution in [1.29, 1.82) is 0 Å². The number of hydrogen-bond acceptors (Lipinski definition) is 4. The zero-order valence-electron chi connectivity index (χ0n) is 16.1. The van der Waals surface area contributed by atoms with E-state index in [9.17, 15) is 4.79 Å². The third-order valence-electron chi connectivity index (χ3n) is 4.61. The lowest BCUT2D eigenvalue weighted by Crippen LogP contribution is -2.15. The van der Waals surface area contributed by atoms with E-state index in [1.165, 1.54) is 11.8 Å². The first-order valence-electron chi connectivity index (χ1n) is 9.36. The summed E-state index contributed by atoms with van der Waals surface area (Å²) in [6, 6.07) is 19.2. The fraction of sp³-hybridized carbons (Fsp3) is 0.136. The minimum Gasteiger partial charge on any atom is -0.325 e. The van der Waals surface area contributed by atoms with E-state index in [1.54, 1.807) is 12.1 Å². The molecule has 0 aliphatic rings. The van der Waals surface area contributed by atoms with Crippen molar-refractivity contribution in [2.75, 3.05) is 11.1 Å². The van der Waals surface area contributed by atoms with Crippen LogP contribution < -0.4 is 5.32 Å². The predicted octanol–water partition coefficient (Wildman–Crippen LogP) is 6.16. The molecule has 1 N–H and O–H groups in total. The zero-order valence-corrected chi connectivity index (χ0v) is 18.4. The van der Waals surface area contributed by atoms with Gasteiger partial charge in [-0.1, -0.05) is 71.4 Å². The second-order valence-electron chi connectivity index (χ2n) is 6.54. The predicted molar refractivity (Wildman–Crippen MR) is 124 cm³/mol. The van der Waals surface area contributed by atoms with Gasteiger partial charge in [-0.25, -0.2) is 0 Å². The summed E-state index contributed by atoms with van der Waals surface area (Å²) in [5.74, 6) is 0.814. The number of carbonyl (C=O) groups excluding carboxylic acids is 1. The molecule has 0 saturated heterocycles. The first kappa shape index (κ1) is 20.7. The third-order valence-corrected chi connectivity index (χ3v) is 6.31. The van der Waals surface area contributed by atoms with Crippen molar-refractivity contribution in [3.8, 4) is 11.4 Å². The molecule has 4 rings (SSSR count). The van der Waals surface area contributed by atoms with E-state index in [1.807, 2.05) is 60.0 Å². The van der Waals surface area contributed by atoms with Crippen molar-refractivity contribution in [3.05, 3.63) is 70.7 Å². The van der Waals surface area contributed by atoms with Crippen LogP contribution in [0.15, 0.2) is 65.8 Å². The zero-order chi connectivity index (χ0) is 21.1. The van der Waals surface area contributed by atoms with Gasteiger partial charge in [0.15, 0.2) is 11.0 Å². The molecule has 4 aromatic rings. The Kier molecular flexibility index (Phi) is 6.27. The minimum atomic E-state index is -0.0990. The second kappa shape index (κ2) is 9.08. The van der Waals surface area contributed by atoms with Crippen LogP contribution in [0.5, 0.6) is 0 Å². The molecule has 0 saturated carbocycles. The van der Waals surface area contributed by atoms with Crippen LogP contribution in [-0.2, 0) is 11.3 Å². The van der Waals surface area contributed by atoms with E-state index in [0.717, 1.165) is 22.0 Å². The molecule has 0 aliphatic carbocycles. The number of hydrogen-bond donors (Lipinski definition) is 1. The first-order chi connectivity index (χ1) is 14.6. The molecule has 0 unspecified atom stereocenters. The van der Waals surface area contributed by atoms with Gasteiger partial charge in [0.2, 0.25) is 5.91 Å². The number of nitrogens with zero attached hydrogens (tertiary/aromatic N) is 3. The van der Waals surface area contributed by atoms with Crippen LogP contribution in [-0.4, -0.2) is 26.4 Å². The van der Waals surface area contributed by atoms with Crippen molar-refractivity contribution in [3.63, 3.8) is 0 Å². The number of nitrogens with one attached hydrogen (secondary N) is 1. The molecular weight excluding hydrogens is 439 g/mol. The summed E-state index contributed by atoms with van der Waals surface area (Å²) in [6.45, 7) is 2.67. The number of thioether (sulfide) groups is 1. The fourth-order valence-corrected chi connectivity index (χ4v) is 4.28. The van der Waals surface area contributed by atoms with Gasteiger partial charge < -0.3 is 9.88 Å². The molecule has 0 atom stereocenters. The van der Waals surface area contributed by atoms with Crippen LogP contribution in [0, 0.1) is 0 Å². The molecule has 1 amide bonds. The fourth-order valence-electron chi connectivity index (χ4n) is 3.18. The summed E-state index contributed by atoms with van der Waals surface area (Å²) in [6.07, 6.45) is 0. The number of amides is 1. The van der Waals surface area contributed by atoms with Crippen molar-refractivity contribution < 1.29 is 4.79 Å². The summed E-state index contributed by atoms with van der Waals surface area (Å²) in [5, 5.41) is 15.3. The molecule has 1 heterocycles. The maximum Gasteiger partial charge on any atom is 0.234 e. The molecule has 152 valence electrons. The van der Waals surface area contributed by atoms with Crippen LogP contribution in [0.25, 0.3) is 22.2 Å². The highest BCUT2D eigenvalue weighted by atomic mass is 35.5. The Bertz CT molecular complexity index is 1220. The van der Waals surface area contributed by atoms with Gasteiger partial charge in [0.05, 0.1) is 15.8 Å². The van der Waals surface area contributed by atoms with E-state index in [2.05, 4.69) is 15.5 Å². The summed E-state index contributed by atoms with van der Waals surface area (Å²) in [5.41, 5.74) is 1.62. The lowest BCUT2D eigenvalue weighted by Gasteiger charge is -2.10. The largest absolute Gasteiger partial charge is 0.325 e. The number of benzene rings is 3. The Balaban J connectivity index is 1.49. The van der Waals surface area contributed by atoms with Gasteiger partial charge >= 0.3 is 0 Å². The Morgan fingerprint density at radius 3 is 2.63 bits per heavy atom. The monoisotopic (exact) mass is 456 g/mol. The van der Waals surface area contributed by atoms with Crippen LogP contribution in [0.1, 0.15) is 6.92 Å². The molecule has 0 spiro atoms. The average Bonchev–Trinajstić information content (AvgIpc) is 3.17. The van der Waals surface area contributed by atoms with Gasteiger partial charge in [-0.05, 0) is 36.6 Å². The number of fused-ring (bicyclic) bond motifs is 1. The van der Waals surface area contributed by atoms with E-state index < -0.39 is 0 Å². The van der Waals surface area contributed by atoms with Gasteiger partial charge in [0.25, 0.3) is 0 Å². The second-order valence-corrected chi connectivity index (χ2v) is 8.30. The van der Waals surface area contributed by atoms with Gasteiger partial charge in [-0.2, -0.15) is 0 Å². The van der Waals surface area contributed by atoms with Gasteiger partial charge in [-0.15, -0.1) is 10.2 Å². The molecule has 0 radical (unpaired) electrons. The molecule has 8 heteroatoms. The first-order valence-corrected chi connectivity index (χ1v) is 11.1. The van der Waals surface area contributed by atoms with E-state index in [4.69, 9.17) is 23.2 Å². The SMILES string of the molecule is CCn1c(SCC(=O)Nc2cccc3ccccc23)nnc1-c1ccc(Cl)c(Cl)c1. The smallest absolute Gasteiger partial charge is 0.234 e. The van der Waals surface area contributed by atoms with Gasteiger partial charge in [0, 0.05) is 23.2 Å². The molecule has 1 aromatic heterocycles. The minimum absolute atomic E-state index is 0.0990. The van der Waals surface area contributed by atoms with E-state index in [0.29, 0.717) is 27.6 Å². The van der Waals surface area contributed by atoms with Crippen LogP contribution in [0.2, 0.25) is 10.0 Å².